The summed E-state index contributed by atoms with van der Waals surface area (Å²) in [6, 6.07) is 5.41. The number of ether oxygens (including phenoxy) is 1. The van der Waals surface area contributed by atoms with Crippen LogP contribution in [0.3, 0.4) is 0 Å². The third-order valence-corrected chi connectivity index (χ3v) is 6.04. The number of fused-ring (bicyclic) bond motifs is 1. The number of nitrogens with zero attached hydrogens (tertiary/aromatic N) is 4. The van der Waals surface area contributed by atoms with Gasteiger partial charge in [-0.3, -0.25) is 4.90 Å². The van der Waals surface area contributed by atoms with E-state index < -0.39 is 0 Å². The fourth-order valence-corrected chi connectivity index (χ4v) is 4.54. The van der Waals surface area contributed by atoms with E-state index in [0.29, 0.717) is 34.0 Å². The summed E-state index contributed by atoms with van der Waals surface area (Å²) in [5, 5.41) is 16.0. The number of thiazole rings is 1. The van der Waals surface area contributed by atoms with Crippen molar-refractivity contribution in [1.82, 2.24) is 19.5 Å². The lowest BCUT2D eigenvalue weighted by atomic mass is 10.0. The zero-order valence-corrected chi connectivity index (χ0v) is 15.8. The maximum Gasteiger partial charge on any atom is 0.230 e. The van der Waals surface area contributed by atoms with Crippen LogP contribution in [0.1, 0.15) is 22.3 Å². The standard InChI is InChI=1S/C16H16Cl2N4O2S/c1-9-19-16-22(20-9)15(23)14(25-16)13(21-4-6-24-7-5-21)10-2-3-11(17)12(18)8-10/h2-3,8,13,23H,4-7H2,1H3/t13-/m0/s1. The number of aryl methyl sites for hydroxylation is 1. The zero-order chi connectivity index (χ0) is 17.6. The van der Waals surface area contributed by atoms with Crippen LogP contribution in [-0.2, 0) is 4.74 Å². The number of morpholine rings is 1. The fraction of sp³-hybridized carbons (Fsp3) is 0.375. The maximum absolute atomic E-state index is 10.7. The normalized spacial score (nSPS) is 17.2. The average molecular weight is 399 g/mol. The molecule has 132 valence electrons. The predicted molar refractivity (Wildman–Crippen MR) is 98.0 cm³/mol. The van der Waals surface area contributed by atoms with Crippen LogP contribution in [0.15, 0.2) is 18.2 Å². The number of benzene rings is 1. The first-order chi connectivity index (χ1) is 12.0. The van der Waals surface area contributed by atoms with E-state index in [9.17, 15) is 5.11 Å². The van der Waals surface area contributed by atoms with Crippen LogP contribution < -0.4 is 0 Å². The molecule has 2 aromatic heterocycles. The van der Waals surface area contributed by atoms with E-state index in [1.807, 2.05) is 12.1 Å². The van der Waals surface area contributed by atoms with Gasteiger partial charge in [0.25, 0.3) is 0 Å². The summed E-state index contributed by atoms with van der Waals surface area (Å²) in [6.07, 6.45) is 0. The van der Waals surface area contributed by atoms with Crippen LogP contribution in [0.25, 0.3) is 4.96 Å². The largest absolute Gasteiger partial charge is 0.492 e. The smallest absolute Gasteiger partial charge is 0.230 e. The summed E-state index contributed by atoms with van der Waals surface area (Å²) < 4.78 is 6.96. The lowest BCUT2D eigenvalue weighted by Crippen LogP contribution is -2.39. The van der Waals surface area contributed by atoms with E-state index in [0.717, 1.165) is 23.5 Å². The topological polar surface area (TPSA) is 62.9 Å². The number of rotatable bonds is 3. The lowest BCUT2D eigenvalue weighted by molar-refractivity contribution is 0.0241. The van der Waals surface area contributed by atoms with Crippen molar-refractivity contribution in [2.24, 2.45) is 0 Å². The molecule has 0 bridgehead atoms. The molecule has 0 amide bonds. The Labute approximate surface area is 158 Å². The maximum atomic E-state index is 10.7. The highest BCUT2D eigenvalue weighted by atomic mass is 35.5. The van der Waals surface area contributed by atoms with Crippen LogP contribution in [-0.4, -0.2) is 50.9 Å². The van der Waals surface area contributed by atoms with E-state index in [4.69, 9.17) is 27.9 Å². The van der Waals surface area contributed by atoms with Crippen LogP contribution in [0, 0.1) is 6.92 Å². The van der Waals surface area contributed by atoms with Crippen molar-refractivity contribution in [1.29, 1.82) is 0 Å². The van der Waals surface area contributed by atoms with Crippen LogP contribution in [0.5, 0.6) is 5.88 Å². The van der Waals surface area contributed by atoms with Gasteiger partial charge in [0, 0.05) is 13.1 Å². The minimum Gasteiger partial charge on any atom is -0.492 e. The molecule has 1 aromatic carbocycles. The highest BCUT2D eigenvalue weighted by Gasteiger charge is 2.30. The Morgan fingerprint density at radius 1 is 1.24 bits per heavy atom. The van der Waals surface area contributed by atoms with Crippen molar-refractivity contribution >= 4 is 39.5 Å². The molecule has 1 fully saturated rings. The van der Waals surface area contributed by atoms with Crippen molar-refractivity contribution in [3.8, 4) is 5.88 Å². The molecule has 9 heteroatoms. The van der Waals surface area contributed by atoms with Gasteiger partial charge in [0.05, 0.1) is 34.2 Å². The summed E-state index contributed by atoms with van der Waals surface area (Å²) in [4.78, 5) is 8.09. The van der Waals surface area contributed by atoms with Gasteiger partial charge >= 0.3 is 0 Å². The molecule has 25 heavy (non-hydrogen) atoms. The summed E-state index contributed by atoms with van der Waals surface area (Å²) in [5.74, 6) is 0.744. The van der Waals surface area contributed by atoms with Crippen LogP contribution >= 0.6 is 34.5 Å². The Hall–Kier alpha value is -1.38. The monoisotopic (exact) mass is 398 g/mol. The van der Waals surface area contributed by atoms with Gasteiger partial charge in [-0.15, -0.1) is 5.10 Å². The van der Waals surface area contributed by atoms with E-state index >= 15 is 0 Å². The van der Waals surface area contributed by atoms with Crippen molar-refractivity contribution in [2.75, 3.05) is 26.3 Å². The number of aromatic hydroxyl groups is 1. The highest BCUT2D eigenvalue weighted by molar-refractivity contribution is 7.17. The molecule has 6 nitrogen and oxygen atoms in total. The molecule has 1 aliphatic heterocycles. The molecule has 0 unspecified atom stereocenters. The third-order valence-electron chi connectivity index (χ3n) is 4.22. The average Bonchev–Trinajstić information content (AvgIpc) is 3.10. The van der Waals surface area contributed by atoms with Crippen LogP contribution in [0.4, 0.5) is 0 Å². The van der Waals surface area contributed by atoms with Gasteiger partial charge in [-0.1, -0.05) is 40.6 Å². The third kappa shape index (κ3) is 3.11. The molecular formula is C16H16Cl2N4O2S. The van der Waals surface area contributed by atoms with Gasteiger partial charge < -0.3 is 9.84 Å². The van der Waals surface area contributed by atoms with E-state index in [1.165, 1.54) is 15.9 Å². The predicted octanol–water partition coefficient (Wildman–Crippen LogP) is 3.53. The summed E-state index contributed by atoms with van der Waals surface area (Å²) >= 11 is 13.7. The van der Waals surface area contributed by atoms with E-state index in [2.05, 4.69) is 15.0 Å². The molecule has 0 spiro atoms. The summed E-state index contributed by atoms with van der Waals surface area (Å²) in [7, 11) is 0. The summed E-state index contributed by atoms with van der Waals surface area (Å²) in [5.41, 5.74) is 0.966. The Balaban J connectivity index is 1.84. The fourth-order valence-electron chi connectivity index (χ4n) is 3.07. The van der Waals surface area contributed by atoms with Gasteiger partial charge in [0.2, 0.25) is 10.8 Å². The number of hydrogen-bond donors (Lipinski definition) is 1. The second-order valence-corrected chi connectivity index (χ2v) is 7.69. The van der Waals surface area contributed by atoms with Gasteiger partial charge in [-0.25, -0.2) is 4.98 Å². The molecule has 4 rings (SSSR count). The Kier molecular flexibility index (Phi) is 4.59. The van der Waals surface area contributed by atoms with Gasteiger partial charge in [-0.05, 0) is 24.6 Å². The molecule has 1 aliphatic rings. The SMILES string of the molecule is Cc1nc2sc([C@H](c3ccc(Cl)c(Cl)c3)N3CCOCC3)c(O)n2n1. The number of halogens is 2. The van der Waals surface area contributed by atoms with Gasteiger partial charge in [0.15, 0.2) is 0 Å². The molecule has 1 N–H and O–H groups in total. The number of aromatic nitrogens is 3. The summed E-state index contributed by atoms with van der Waals surface area (Å²) in [6.45, 7) is 4.63. The molecule has 3 aromatic rings. The first-order valence-electron chi connectivity index (χ1n) is 7.86. The molecule has 1 saturated heterocycles. The second-order valence-electron chi connectivity index (χ2n) is 5.87. The minimum absolute atomic E-state index is 0.114. The Morgan fingerprint density at radius 2 is 2.00 bits per heavy atom. The Morgan fingerprint density at radius 3 is 2.68 bits per heavy atom. The first-order valence-corrected chi connectivity index (χ1v) is 9.43. The lowest BCUT2D eigenvalue weighted by Gasteiger charge is -2.34. The van der Waals surface area contributed by atoms with Crippen molar-refractivity contribution in [2.45, 2.75) is 13.0 Å². The molecule has 1 atom stereocenters. The number of hydrogen-bond acceptors (Lipinski definition) is 6. The minimum atomic E-state index is -0.160. The van der Waals surface area contributed by atoms with Gasteiger partial charge in [0.1, 0.15) is 5.82 Å². The first kappa shape index (κ1) is 17.1. The zero-order valence-electron chi connectivity index (χ0n) is 13.4. The van der Waals surface area contributed by atoms with Crippen molar-refractivity contribution in [3.63, 3.8) is 0 Å². The Bertz CT molecular complexity index is 920. The molecule has 0 saturated carbocycles. The molecule has 0 radical (unpaired) electrons. The van der Waals surface area contributed by atoms with Crippen molar-refractivity contribution < 1.29 is 9.84 Å². The molecular weight excluding hydrogens is 383 g/mol. The second kappa shape index (κ2) is 6.74. The highest BCUT2D eigenvalue weighted by Crippen LogP contribution is 2.41. The van der Waals surface area contributed by atoms with E-state index in [1.54, 1.807) is 13.0 Å². The molecule has 3 heterocycles. The van der Waals surface area contributed by atoms with E-state index in [-0.39, 0.29) is 11.9 Å². The van der Waals surface area contributed by atoms with Crippen molar-refractivity contribution in [3.05, 3.63) is 44.5 Å². The molecule has 0 aliphatic carbocycles. The van der Waals surface area contributed by atoms with Crippen LogP contribution in [0.2, 0.25) is 10.0 Å². The quantitative estimate of drug-likeness (QED) is 0.730. The van der Waals surface area contributed by atoms with Gasteiger partial charge in [-0.2, -0.15) is 4.52 Å².